The van der Waals surface area contributed by atoms with Gasteiger partial charge in [-0.1, -0.05) is 12.1 Å². The van der Waals surface area contributed by atoms with Crippen LogP contribution in [0.3, 0.4) is 0 Å². The zero-order chi connectivity index (χ0) is 21.1. The van der Waals surface area contributed by atoms with Crippen LogP contribution in [-0.4, -0.2) is 76.7 Å². The topological polar surface area (TPSA) is 87.7 Å². The van der Waals surface area contributed by atoms with Crippen molar-refractivity contribution in [3.8, 4) is 0 Å². The summed E-state index contributed by atoms with van der Waals surface area (Å²) in [5, 5.41) is 2.81. The van der Waals surface area contributed by atoms with E-state index in [0.717, 1.165) is 51.8 Å². The molecule has 0 aliphatic carbocycles. The lowest BCUT2D eigenvalue weighted by molar-refractivity contribution is -0.122. The number of hydrogen-bond acceptors (Lipinski definition) is 6. The molecule has 164 valence electrons. The van der Waals surface area contributed by atoms with Gasteiger partial charge in [0.25, 0.3) is 0 Å². The number of sulfonamides is 1. The number of ether oxygens (including phenoxy) is 1. The van der Waals surface area contributed by atoms with Crippen molar-refractivity contribution in [1.29, 1.82) is 0 Å². The van der Waals surface area contributed by atoms with Crippen LogP contribution in [0.1, 0.15) is 19.3 Å². The minimum Gasteiger partial charge on any atom is -0.379 e. The van der Waals surface area contributed by atoms with Crippen molar-refractivity contribution < 1.29 is 22.3 Å². The highest BCUT2D eigenvalue weighted by molar-refractivity contribution is 7.98. The molecule has 0 saturated carbocycles. The first-order valence-electron chi connectivity index (χ1n) is 9.77. The molecule has 1 fully saturated rings. The first-order chi connectivity index (χ1) is 13.9. The van der Waals surface area contributed by atoms with Crippen molar-refractivity contribution in [2.75, 3.05) is 51.4 Å². The number of morpholine rings is 1. The third-order valence-corrected chi connectivity index (χ3v) is 6.80. The lowest BCUT2D eigenvalue weighted by atomic mass is 10.2. The van der Waals surface area contributed by atoms with Crippen LogP contribution in [0.5, 0.6) is 0 Å². The molecule has 0 radical (unpaired) electrons. The van der Waals surface area contributed by atoms with Crippen LogP contribution in [0.15, 0.2) is 29.2 Å². The molecule has 1 saturated heterocycles. The van der Waals surface area contributed by atoms with E-state index in [9.17, 15) is 17.6 Å². The Hall–Kier alpha value is -1.20. The van der Waals surface area contributed by atoms with Crippen molar-refractivity contribution in [3.63, 3.8) is 0 Å². The summed E-state index contributed by atoms with van der Waals surface area (Å²) in [6.45, 7) is 4.81. The van der Waals surface area contributed by atoms with Gasteiger partial charge in [0.1, 0.15) is 16.8 Å². The molecule has 7 nitrogen and oxygen atoms in total. The lowest BCUT2D eigenvalue weighted by Gasteiger charge is -2.26. The number of hydrogen-bond donors (Lipinski definition) is 2. The van der Waals surface area contributed by atoms with E-state index >= 15 is 0 Å². The Morgan fingerprint density at radius 3 is 2.69 bits per heavy atom. The average molecular weight is 448 g/mol. The number of amides is 1. The molecule has 1 unspecified atom stereocenters. The van der Waals surface area contributed by atoms with Gasteiger partial charge < -0.3 is 10.1 Å². The van der Waals surface area contributed by atoms with Gasteiger partial charge in [-0.05, 0) is 49.9 Å². The van der Waals surface area contributed by atoms with Gasteiger partial charge in [0, 0.05) is 19.6 Å². The van der Waals surface area contributed by atoms with Gasteiger partial charge in [0.2, 0.25) is 15.9 Å². The Morgan fingerprint density at radius 2 is 2.00 bits per heavy atom. The standard InChI is InChI=1S/C19H30FN3O4S2/c1-28-15-8-17(22-29(25,26)18-7-3-2-6-16(18)20)19(24)21-9-4-5-10-23-11-13-27-14-12-23/h2-3,6-7,17,22H,4-5,8-15H2,1H3,(H,21,24). The second-order valence-electron chi connectivity index (χ2n) is 6.84. The van der Waals surface area contributed by atoms with Crippen LogP contribution in [0.2, 0.25) is 0 Å². The molecule has 0 aromatic heterocycles. The normalized spacial score (nSPS) is 16.5. The van der Waals surface area contributed by atoms with E-state index in [1.807, 2.05) is 6.26 Å². The van der Waals surface area contributed by atoms with Gasteiger partial charge in [-0.3, -0.25) is 9.69 Å². The summed E-state index contributed by atoms with van der Waals surface area (Å²) in [5.74, 6) is -0.618. The Balaban J connectivity index is 1.84. The maximum absolute atomic E-state index is 13.9. The summed E-state index contributed by atoms with van der Waals surface area (Å²) in [5.41, 5.74) is 0. The number of carbonyl (C=O) groups is 1. The molecule has 1 atom stereocenters. The third-order valence-electron chi connectivity index (χ3n) is 4.65. The van der Waals surface area contributed by atoms with Crippen molar-refractivity contribution in [2.24, 2.45) is 0 Å². The molecule has 2 N–H and O–H groups in total. The van der Waals surface area contributed by atoms with Gasteiger partial charge in [-0.2, -0.15) is 16.5 Å². The number of benzene rings is 1. The number of unbranched alkanes of at least 4 members (excludes halogenated alkanes) is 1. The molecular formula is C19H30FN3O4S2. The second kappa shape index (κ2) is 12.5. The van der Waals surface area contributed by atoms with E-state index in [4.69, 9.17) is 4.74 Å². The van der Waals surface area contributed by atoms with Crippen LogP contribution in [0.4, 0.5) is 4.39 Å². The predicted molar refractivity (Wildman–Crippen MR) is 113 cm³/mol. The maximum atomic E-state index is 13.9. The number of nitrogens with one attached hydrogen (secondary N) is 2. The molecular weight excluding hydrogens is 417 g/mol. The highest BCUT2D eigenvalue weighted by atomic mass is 32.2. The summed E-state index contributed by atoms with van der Waals surface area (Å²) in [6, 6.07) is 4.20. The molecule has 0 spiro atoms. The van der Waals surface area contributed by atoms with Crippen LogP contribution >= 0.6 is 11.8 Å². The highest BCUT2D eigenvalue weighted by Gasteiger charge is 2.27. The fraction of sp³-hybridized carbons (Fsp3) is 0.632. The first-order valence-corrected chi connectivity index (χ1v) is 12.7. The van der Waals surface area contributed by atoms with E-state index in [2.05, 4.69) is 14.9 Å². The third kappa shape index (κ3) is 8.21. The number of carbonyl (C=O) groups excluding carboxylic acids is 1. The van der Waals surface area contributed by atoms with Crippen LogP contribution in [0.25, 0.3) is 0 Å². The van der Waals surface area contributed by atoms with Crippen LogP contribution < -0.4 is 10.0 Å². The zero-order valence-corrected chi connectivity index (χ0v) is 18.4. The van der Waals surface area contributed by atoms with Crippen molar-refractivity contribution in [1.82, 2.24) is 14.9 Å². The van der Waals surface area contributed by atoms with Gasteiger partial charge in [-0.15, -0.1) is 0 Å². The van der Waals surface area contributed by atoms with E-state index < -0.39 is 26.8 Å². The molecule has 1 aromatic rings. The lowest BCUT2D eigenvalue weighted by Crippen LogP contribution is -2.47. The fourth-order valence-corrected chi connectivity index (χ4v) is 4.79. The summed E-state index contributed by atoms with van der Waals surface area (Å²) >= 11 is 1.52. The Bertz CT molecular complexity index is 743. The fourth-order valence-electron chi connectivity index (χ4n) is 3.01. The van der Waals surface area contributed by atoms with Crippen molar-refractivity contribution >= 4 is 27.7 Å². The number of thioether (sulfide) groups is 1. The SMILES string of the molecule is CSCCC(NS(=O)(=O)c1ccccc1F)C(=O)NCCCCN1CCOCC1. The molecule has 29 heavy (non-hydrogen) atoms. The molecule has 0 bridgehead atoms. The van der Waals surface area contributed by atoms with E-state index in [1.54, 1.807) is 0 Å². The molecule has 10 heteroatoms. The predicted octanol–water partition coefficient (Wildman–Crippen LogP) is 1.45. The van der Waals surface area contributed by atoms with Crippen molar-refractivity contribution in [3.05, 3.63) is 30.1 Å². The number of halogens is 1. The molecule has 1 aromatic carbocycles. The minimum atomic E-state index is -4.13. The van der Waals surface area contributed by atoms with Crippen LogP contribution in [0, 0.1) is 5.82 Å². The first kappa shape index (κ1) is 24.1. The monoisotopic (exact) mass is 447 g/mol. The van der Waals surface area contributed by atoms with E-state index in [0.29, 0.717) is 18.7 Å². The summed E-state index contributed by atoms with van der Waals surface area (Å²) < 4.78 is 46.6. The smallest absolute Gasteiger partial charge is 0.244 e. The van der Waals surface area contributed by atoms with E-state index in [-0.39, 0.29) is 5.91 Å². The average Bonchev–Trinajstić information content (AvgIpc) is 2.71. The minimum absolute atomic E-state index is 0.328. The number of nitrogens with zero attached hydrogens (tertiary/aromatic N) is 1. The summed E-state index contributed by atoms with van der Waals surface area (Å²) in [6.07, 6.45) is 3.95. The molecule has 2 rings (SSSR count). The maximum Gasteiger partial charge on any atom is 0.244 e. The Morgan fingerprint density at radius 1 is 1.28 bits per heavy atom. The summed E-state index contributed by atoms with van der Waals surface area (Å²) in [4.78, 5) is 14.4. The second-order valence-corrected chi connectivity index (χ2v) is 9.51. The quantitative estimate of drug-likeness (QED) is 0.472. The molecule has 1 amide bonds. The largest absolute Gasteiger partial charge is 0.379 e. The molecule has 1 aliphatic heterocycles. The van der Waals surface area contributed by atoms with Crippen LogP contribution in [-0.2, 0) is 19.6 Å². The summed E-state index contributed by atoms with van der Waals surface area (Å²) in [7, 11) is -4.13. The Labute approximate surface area is 176 Å². The highest BCUT2D eigenvalue weighted by Crippen LogP contribution is 2.15. The van der Waals surface area contributed by atoms with Gasteiger partial charge >= 0.3 is 0 Å². The molecule has 1 aliphatic rings. The Kier molecular flexibility index (Phi) is 10.4. The van der Waals surface area contributed by atoms with Gasteiger partial charge in [0.05, 0.1) is 13.2 Å². The van der Waals surface area contributed by atoms with E-state index in [1.165, 1.54) is 30.0 Å². The van der Waals surface area contributed by atoms with Gasteiger partial charge in [0.15, 0.2) is 0 Å². The zero-order valence-electron chi connectivity index (χ0n) is 16.7. The molecule has 1 heterocycles. The van der Waals surface area contributed by atoms with Crippen molar-refractivity contribution in [2.45, 2.75) is 30.2 Å². The van der Waals surface area contributed by atoms with Gasteiger partial charge in [-0.25, -0.2) is 12.8 Å². The number of rotatable bonds is 12.